The van der Waals surface area contributed by atoms with Crippen molar-refractivity contribution in [1.82, 2.24) is 4.57 Å². The average molecular weight is 401 g/mol. The lowest BCUT2D eigenvalue weighted by Crippen LogP contribution is -2.06. The molecular weight excluding hydrogens is 382 g/mol. The Balaban J connectivity index is 2.07. The summed E-state index contributed by atoms with van der Waals surface area (Å²) in [5, 5.41) is 17.0. The smallest absolute Gasteiger partial charge is 0.318 e. The summed E-state index contributed by atoms with van der Waals surface area (Å²) < 4.78 is 2.06. The highest BCUT2D eigenvalue weighted by Crippen LogP contribution is 2.35. The van der Waals surface area contributed by atoms with Crippen LogP contribution in [0.5, 0.6) is 0 Å². The first-order valence-electron chi connectivity index (χ1n) is 9.38. The molecule has 4 rings (SSSR count). The van der Waals surface area contributed by atoms with Crippen molar-refractivity contribution in [2.24, 2.45) is 5.16 Å². The number of benzene rings is 3. The van der Waals surface area contributed by atoms with Crippen LogP contribution < -0.4 is 0 Å². The minimum Gasteiger partial charge on any atom is -0.318 e. The molecule has 1 heterocycles. The molecule has 3 aromatic carbocycles. The molecule has 0 bridgehead atoms. The fourth-order valence-corrected chi connectivity index (χ4v) is 3.65. The maximum atomic E-state index is 11.3. The number of hydrogen-bond donors (Lipinski definition) is 0. The average Bonchev–Trinajstić information content (AvgIpc) is 3.05. The van der Waals surface area contributed by atoms with E-state index in [1.165, 1.54) is 13.0 Å². The molecule has 150 valence electrons. The monoisotopic (exact) mass is 401 g/mol. The molecule has 0 aliphatic heterocycles. The molecule has 0 amide bonds. The molecule has 0 aliphatic carbocycles. The summed E-state index contributed by atoms with van der Waals surface area (Å²) in [6.07, 6.45) is 0. The van der Waals surface area contributed by atoms with E-state index in [0.717, 1.165) is 38.6 Å². The lowest BCUT2D eigenvalue weighted by atomic mass is 10.1. The van der Waals surface area contributed by atoms with Crippen LogP contribution in [0.1, 0.15) is 25.0 Å². The number of nitrogens with zero attached hydrogens (tertiary/aromatic N) is 3. The van der Waals surface area contributed by atoms with Crippen LogP contribution in [-0.4, -0.2) is 21.2 Å². The van der Waals surface area contributed by atoms with Crippen LogP contribution in [0.3, 0.4) is 0 Å². The molecule has 1 aromatic heterocycles. The van der Waals surface area contributed by atoms with Crippen molar-refractivity contribution in [3.05, 3.63) is 81.9 Å². The van der Waals surface area contributed by atoms with E-state index in [4.69, 9.17) is 4.84 Å². The first kappa shape index (κ1) is 19.3. The van der Waals surface area contributed by atoms with Gasteiger partial charge in [0.2, 0.25) is 0 Å². The molecule has 0 fully saturated rings. The van der Waals surface area contributed by atoms with E-state index >= 15 is 0 Å². The number of nitro benzene ring substituents is 1. The molecule has 0 atom stereocenters. The highest BCUT2D eigenvalue weighted by molar-refractivity contribution is 6.11. The molecule has 0 aliphatic rings. The minimum atomic E-state index is -0.493. The van der Waals surface area contributed by atoms with Gasteiger partial charge in [-0.05, 0) is 37.6 Å². The lowest BCUT2D eigenvalue weighted by Gasteiger charge is -2.14. The predicted molar refractivity (Wildman–Crippen MR) is 116 cm³/mol. The van der Waals surface area contributed by atoms with E-state index in [-0.39, 0.29) is 10.6 Å². The molecule has 0 radical (unpaired) electrons. The first-order valence-corrected chi connectivity index (χ1v) is 9.38. The van der Waals surface area contributed by atoms with Gasteiger partial charge in [-0.1, -0.05) is 35.5 Å². The van der Waals surface area contributed by atoms with Gasteiger partial charge in [-0.25, -0.2) is 4.79 Å². The zero-order valence-corrected chi connectivity index (χ0v) is 16.7. The maximum absolute atomic E-state index is 11.3. The number of oxime groups is 1. The second-order valence-electron chi connectivity index (χ2n) is 7.09. The number of para-hydroxylation sites is 1. The van der Waals surface area contributed by atoms with Crippen LogP contribution in [-0.2, 0) is 9.63 Å². The second kappa shape index (κ2) is 7.44. The molecule has 7 heteroatoms. The first-order chi connectivity index (χ1) is 14.4. The summed E-state index contributed by atoms with van der Waals surface area (Å²) in [6, 6.07) is 18.6. The van der Waals surface area contributed by atoms with Gasteiger partial charge in [0, 0.05) is 35.4 Å². The number of fused-ring (bicyclic) bond motifs is 3. The van der Waals surface area contributed by atoms with Gasteiger partial charge >= 0.3 is 5.97 Å². The van der Waals surface area contributed by atoms with Gasteiger partial charge in [0.25, 0.3) is 5.69 Å². The quantitative estimate of drug-likeness (QED) is 0.201. The van der Waals surface area contributed by atoms with Crippen LogP contribution in [0.4, 0.5) is 5.69 Å². The van der Waals surface area contributed by atoms with Gasteiger partial charge in [0.1, 0.15) is 0 Å². The highest BCUT2D eigenvalue weighted by atomic mass is 16.7. The highest BCUT2D eigenvalue weighted by Gasteiger charge is 2.18. The molecule has 0 saturated carbocycles. The molecule has 0 spiro atoms. The second-order valence-corrected chi connectivity index (χ2v) is 7.09. The van der Waals surface area contributed by atoms with Crippen molar-refractivity contribution in [1.29, 1.82) is 0 Å². The van der Waals surface area contributed by atoms with E-state index in [2.05, 4.69) is 9.72 Å². The van der Waals surface area contributed by atoms with E-state index < -0.39 is 5.97 Å². The van der Waals surface area contributed by atoms with Crippen molar-refractivity contribution in [3.8, 4) is 5.69 Å². The molecular formula is C23H19N3O4. The third-order valence-electron chi connectivity index (χ3n) is 4.96. The Labute approximate surface area is 172 Å². The number of rotatable bonds is 4. The van der Waals surface area contributed by atoms with Gasteiger partial charge in [-0.3, -0.25) is 10.1 Å². The summed E-state index contributed by atoms with van der Waals surface area (Å²) in [5.74, 6) is -0.493. The van der Waals surface area contributed by atoms with Crippen molar-refractivity contribution < 1.29 is 14.6 Å². The third-order valence-corrected chi connectivity index (χ3v) is 4.96. The van der Waals surface area contributed by atoms with Crippen LogP contribution >= 0.6 is 0 Å². The topological polar surface area (TPSA) is 86.7 Å². The van der Waals surface area contributed by atoms with E-state index in [9.17, 15) is 14.9 Å². The summed E-state index contributed by atoms with van der Waals surface area (Å²) >= 11 is 0. The predicted octanol–water partition coefficient (Wildman–Crippen LogP) is 5.29. The van der Waals surface area contributed by atoms with Gasteiger partial charge in [-0.2, -0.15) is 0 Å². The molecule has 30 heavy (non-hydrogen) atoms. The fraction of sp³-hybridized carbons (Fsp3) is 0.130. The summed E-state index contributed by atoms with van der Waals surface area (Å²) in [5.41, 5.74) is 5.04. The van der Waals surface area contributed by atoms with E-state index in [1.807, 2.05) is 49.4 Å². The number of hydrogen-bond acceptors (Lipinski definition) is 5. The third kappa shape index (κ3) is 3.30. The van der Waals surface area contributed by atoms with E-state index in [1.54, 1.807) is 19.1 Å². The molecule has 0 N–H and O–H groups in total. The molecule has 0 unspecified atom stereocenters. The van der Waals surface area contributed by atoms with Gasteiger partial charge < -0.3 is 9.40 Å². The van der Waals surface area contributed by atoms with Gasteiger partial charge in [0.15, 0.2) is 0 Å². The number of carbonyl (C=O) groups excluding carboxylic acids is 1. The lowest BCUT2D eigenvalue weighted by molar-refractivity contribution is -0.384. The van der Waals surface area contributed by atoms with Crippen LogP contribution in [0.2, 0.25) is 0 Å². The normalized spacial score (nSPS) is 11.8. The Bertz CT molecular complexity index is 1350. The summed E-state index contributed by atoms with van der Waals surface area (Å²) in [7, 11) is 0. The summed E-state index contributed by atoms with van der Waals surface area (Å²) in [6.45, 7) is 5.06. The molecule has 7 nitrogen and oxygen atoms in total. The number of carbonyl (C=O) groups is 1. The van der Waals surface area contributed by atoms with Gasteiger partial charge in [0.05, 0.1) is 27.4 Å². The number of non-ortho nitro benzene ring substituents is 1. The van der Waals surface area contributed by atoms with Gasteiger partial charge in [-0.15, -0.1) is 0 Å². The SMILES string of the molecule is CC(=O)O/N=C(\C)c1ccc(C)cc1-n1c2ccccc2c2cc([N+](=O)[O-])ccc21. The van der Waals surface area contributed by atoms with Crippen molar-refractivity contribution >= 4 is 39.2 Å². The number of nitro groups is 1. The van der Waals surface area contributed by atoms with Crippen molar-refractivity contribution in [2.75, 3.05) is 0 Å². The van der Waals surface area contributed by atoms with Crippen LogP contribution in [0.15, 0.2) is 65.8 Å². The van der Waals surface area contributed by atoms with Crippen molar-refractivity contribution in [3.63, 3.8) is 0 Å². The zero-order valence-electron chi connectivity index (χ0n) is 16.7. The Morgan fingerprint density at radius 3 is 2.47 bits per heavy atom. The maximum Gasteiger partial charge on any atom is 0.331 e. The Morgan fingerprint density at radius 1 is 1.00 bits per heavy atom. The standard InChI is InChI=1S/C23H19N3O4/c1-14-8-10-18(15(2)24-30-16(3)27)23(12-14)25-21-7-5-4-6-19(21)20-13-17(26(28)29)9-11-22(20)25/h4-13H,1-3H3/b24-15+. The van der Waals surface area contributed by atoms with Crippen molar-refractivity contribution in [2.45, 2.75) is 20.8 Å². The Kier molecular flexibility index (Phi) is 4.79. The van der Waals surface area contributed by atoms with Crippen LogP contribution in [0, 0.1) is 17.0 Å². The molecule has 0 saturated heterocycles. The molecule has 4 aromatic rings. The van der Waals surface area contributed by atoms with Crippen LogP contribution in [0.25, 0.3) is 27.5 Å². The Morgan fingerprint density at radius 2 is 1.73 bits per heavy atom. The minimum absolute atomic E-state index is 0.0440. The van der Waals surface area contributed by atoms with E-state index in [0.29, 0.717) is 5.71 Å². The largest absolute Gasteiger partial charge is 0.331 e. The Hall–Kier alpha value is -4.00. The summed E-state index contributed by atoms with van der Waals surface area (Å²) in [4.78, 5) is 27.0. The fourth-order valence-electron chi connectivity index (χ4n) is 3.65. The zero-order chi connectivity index (χ0) is 21.4. The number of aromatic nitrogens is 1. The number of aryl methyl sites for hydroxylation is 1.